The van der Waals surface area contributed by atoms with Gasteiger partial charge in [-0.1, -0.05) is 19.1 Å². The van der Waals surface area contributed by atoms with Crippen molar-refractivity contribution in [1.29, 1.82) is 0 Å². The van der Waals surface area contributed by atoms with Crippen LogP contribution in [0, 0.1) is 5.92 Å². The van der Waals surface area contributed by atoms with Crippen molar-refractivity contribution in [3.8, 4) is 0 Å². The minimum atomic E-state index is 0.990. The highest BCUT2D eigenvalue weighted by molar-refractivity contribution is 4.95. The fourth-order valence-electron chi connectivity index (χ4n) is 0.900. The molecule has 0 amide bonds. The number of nitrogens with one attached hydrogen (secondary N) is 1. The number of rotatable bonds is 5. The van der Waals surface area contributed by atoms with Crippen molar-refractivity contribution in [3.05, 3.63) is 12.2 Å². The van der Waals surface area contributed by atoms with Gasteiger partial charge in [0.2, 0.25) is 0 Å². The maximum absolute atomic E-state index is 3.93. The summed E-state index contributed by atoms with van der Waals surface area (Å²) in [4.78, 5) is 0. The van der Waals surface area contributed by atoms with Crippen molar-refractivity contribution in [2.45, 2.75) is 26.2 Å². The maximum Gasteiger partial charge on any atom is 0.0161 e. The molecule has 0 spiro atoms. The van der Waals surface area contributed by atoms with Crippen LogP contribution in [0.2, 0.25) is 0 Å². The van der Waals surface area contributed by atoms with Crippen LogP contribution in [0.5, 0.6) is 0 Å². The van der Waals surface area contributed by atoms with Crippen molar-refractivity contribution in [3.63, 3.8) is 0 Å². The van der Waals surface area contributed by atoms with E-state index in [1.807, 2.05) is 0 Å². The Hall–Kier alpha value is -0.300. The van der Waals surface area contributed by atoms with E-state index < -0.39 is 0 Å². The van der Waals surface area contributed by atoms with Crippen LogP contribution < -0.4 is 5.32 Å². The zero-order valence-corrected chi connectivity index (χ0v) is 6.82. The van der Waals surface area contributed by atoms with E-state index in [9.17, 15) is 0 Å². The highest BCUT2D eigenvalue weighted by Gasteiger charge is 2.19. The maximum atomic E-state index is 3.93. The van der Waals surface area contributed by atoms with E-state index >= 15 is 0 Å². The molecule has 10 heavy (non-hydrogen) atoms. The first-order chi connectivity index (χ1) is 4.83. The lowest BCUT2D eigenvalue weighted by Gasteiger charge is -2.03. The van der Waals surface area contributed by atoms with Gasteiger partial charge in [0.25, 0.3) is 0 Å². The average Bonchev–Trinajstić information content (AvgIpc) is 2.71. The molecule has 0 heterocycles. The molecule has 0 radical (unpaired) electrons. The van der Waals surface area contributed by atoms with Crippen LogP contribution >= 0.6 is 0 Å². The SMILES string of the molecule is C=C(CC)CNCC1CC1. The van der Waals surface area contributed by atoms with Gasteiger partial charge in [0.1, 0.15) is 0 Å². The average molecular weight is 139 g/mol. The Morgan fingerprint density at radius 2 is 2.30 bits per heavy atom. The molecule has 1 fully saturated rings. The van der Waals surface area contributed by atoms with Gasteiger partial charge in [0, 0.05) is 6.54 Å². The Bertz CT molecular complexity index is 114. The summed E-state index contributed by atoms with van der Waals surface area (Å²) in [5.74, 6) is 0.990. The zero-order valence-electron chi connectivity index (χ0n) is 6.82. The Kier molecular flexibility index (Phi) is 2.94. The molecule has 0 unspecified atom stereocenters. The summed E-state index contributed by atoms with van der Waals surface area (Å²) in [7, 11) is 0. The third kappa shape index (κ3) is 3.02. The second kappa shape index (κ2) is 3.77. The molecule has 1 N–H and O–H groups in total. The highest BCUT2D eigenvalue weighted by atomic mass is 14.9. The molecule has 0 aromatic carbocycles. The summed E-state index contributed by atoms with van der Waals surface area (Å²) in [5.41, 5.74) is 1.32. The van der Waals surface area contributed by atoms with Crippen LogP contribution in [0.3, 0.4) is 0 Å². The van der Waals surface area contributed by atoms with Gasteiger partial charge in [0.05, 0.1) is 0 Å². The third-order valence-corrected chi connectivity index (χ3v) is 2.00. The Labute approximate surface area is 63.5 Å². The van der Waals surface area contributed by atoms with Crippen molar-refractivity contribution in [2.75, 3.05) is 13.1 Å². The van der Waals surface area contributed by atoms with Gasteiger partial charge in [-0.3, -0.25) is 0 Å². The molecule has 0 atom stereocenters. The van der Waals surface area contributed by atoms with Gasteiger partial charge in [-0.2, -0.15) is 0 Å². The normalized spacial score (nSPS) is 17.3. The summed E-state index contributed by atoms with van der Waals surface area (Å²) in [6, 6.07) is 0. The highest BCUT2D eigenvalue weighted by Crippen LogP contribution is 2.27. The Morgan fingerprint density at radius 1 is 1.60 bits per heavy atom. The summed E-state index contributed by atoms with van der Waals surface area (Å²) >= 11 is 0. The molecule has 0 bridgehead atoms. The van der Waals surface area contributed by atoms with Crippen molar-refractivity contribution in [2.24, 2.45) is 5.92 Å². The molecule has 1 heteroatoms. The minimum absolute atomic E-state index is 0.990. The van der Waals surface area contributed by atoms with Gasteiger partial charge >= 0.3 is 0 Å². The molecule has 1 aliphatic rings. The smallest absolute Gasteiger partial charge is 0.0161 e. The largest absolute Gasteiger partial charge is 0.313 e. The van der Waals surface area contributed by atoms with E-state index in [4.69, 9.17) is 0 Å². The predicted octanol–water partition coefficient (Wildman–Crippen LogP) is 1.95. The summed E-state index contributed by atoms with van der Waals surface area (Å²) in [5, 5.41) is 3.40. The lowest BCUT2D eigenvalue weighted by Crippen LogP contribution is -2.19. The molecular formula is C9H17N. The zero-order chi connectivity index (χ0) is 7.40. The van der Waals surface area contributed by atoms with Crippen molar-refractivity contribution < 1.29 is 0 Å². The summed E-state index contributed by atoms with van der Waals surface area (Å²) in [6.07, 6.45) is 3.98. The molecule has 0 aliphatic heterocycles. The predicted molar refractivity (Wildman–Crippen MR) is 45.0 cm³/mol. The Morgan fingerprint density at radius 3 is 2.80 bits per heavy atom. The second-order valence-corrected chi connectivity index (χ2v) is 3.18. The van der Waals surface area contributed by atoms with Crippen LogP contribution in [-0.4, -0.2) is 13.1 Å². The van der Waals surface area contributed by atoms with E-state index in [2.05, 4.69) is 18.8 Å². The molecule has 0 saturated heterocycles. The van der Waals surface area contributed by atoms with Crippen LogP contribution in [0.15, 0.2) is 12.2 Å². The lowest BCUT2D eigenvalue weighted by molar-refractivity contribution is 0.665. The van der Waals surface area contributed by atoms with Gasteiger partial charge < -0.3 is 5.32 Å². The number of hydrogen-bond acceptors (Lipinski definition) is 1. The molecule has 0 aromatic heterocycles. The van der Waals surface area contributed by atoms with Crippen LogP contribution in [0.1, 0.15) is 26.2 Å². The van der Waals surface area contributed by atoms with Gasteiger partial charge in [-0.25, -0.2) is 0 Å². The molecular weight excluding hydrogens is 122 g/mol. The van der Waals surface area contributed by atoms with Gasteiger partial charge in [-0.15, -0.1) is 0 Å². The first kappa shape index (κ1) is 7.80. The first-order valence-corrected chi connectivity index (χ1v) is 4.20. The van der Waals surface area contributed by atoms with Crippen LogP contribution in [-0.2, 0) is 0 Å². The third-order valence-electron chi connectivity index (χ3n) is 2.00. The van der Waals surface area contributed by atoms with E-state index in [0.717, 1.165) is 18.9 Å². The van der Waals surface area contributed by atoms with Crippen LogP contribution in [0.25, 0.3) is 0 Å². The lowest BCUT2D eigenvalue weighted by atomic mass is 10.2. The molecule has 1 rings (SSSR count). The Balaban J connectivity index is 1.88. The fraction of sp³-hybridized carbons (Fsp3) is 0.778. The molecule has 0 aromatic rings. The van der Waals surface area contributed by atoms with E-state index in [-0.39, 0.29) is 0 Å². The van der Waals surface area contributed by atoms with E-state index in [0.29, 0.717) is 0 Å². The van der Waals surface area contributed by atoms with Crippen molar-refractivity contribution >= 4 is 0 Å². The standard InChI is InChI=1S/C9H17N/c1-3-8(2)6-10-7-9-4-5-9/h9-10H,2-7H2,1H3. The van der Waals surface area contributed by atoms with Crippen LogP contribution in [0.4, 0.5) is 0 Å². The van der Waals surface area contributed by atoms with Gasteiger partial charge in [0.15, 0.2) is 0 Å². The topological polar surface area (TPSA) is 12.0 Å². The molecule has 1 aliphatic carbocycles. The number of hydrogen-bond donors (Lipinski definition) is 1. The molecule has 58 valence electrons. The van der Waals surface area contributed by atoms with E-state index in [1.54, 1.807) is 0 Å². The summed E-state index contributed by atoms with van der Waals surface area (Å²) in [6.45, 7) is 8.31. The molecule has 1 saturated carbocycles. The fourth-order valence-corrected chi connectivity index (χ4v) is 0.900. The van der Waals surface area contributed by atoms with E-state index in [1.165, 1.54) is 25.0 Å². The van der Waals surface area contributed by atoms with Gasteiger partial charge in [-0.05, 0) is 31.7 Å². The first-order valence-electron chi connectivity index (χ1n) is 4.20. The molecule has 1 nitrogen and oxygen atoms in total. The second-order valence-electron chi connectivity index (χ2n) is 3.18. The summed E-state index contributed by atoms with van der Waals surface area (Å²) < 4.78 is 0. The monoisotopic (exact) mass is 139 g/mol. The minimum Gasteiger partial charge on any atom is -0.313 e. The quantitative estimate of drug-likeness (QED) is 0.574. The van der Waals surface area contributed by atoms with Crippen molar-refractivity contribution in [1.82, 2.24) is 5.32 Å².